The molecule has 1 amide bonds. The SMILES string of the molecule is O=C(NCCCCC(O)CO)C(F)(F)C(F)(F)C(F)(F)C(F)(F)C(F)(F)C(F)(F)C(F)(F)F. The van der Waals surface area contributed by atoms with Gasteiger partial charge in [0.2, 0.25) is 0 Å². The monoisotopic (exact) mass is 529 g/mol. The minimum atomic E-state index is -8.45. The standard InChI is InChI=1S/C14H14F15NO3/c15-8(16,7(33)30-4-2-1-3-6(32)5-31)9(17,18)10(19,20)11(21,22)12(23,24)13(25,26)14(27,28)29/h6,31-32H,1-5H2,(H,30,33). The highest BCUT2D eigenvalue weighted by Gasteiger charge is 2.94. The third kappa shape index (κ3) is 5.22. The number of hydrogen-bond acceptors (Lipinski definition) is 3. The van der Waals surface area contributed by atoms with E-state index in [4.69, 9.17) is 10.2 Å². The van der Waals surface area contributed by atoms with Gasteiger partial charge in [-0.3, -0.25) is 4.79 Å². The maximum atomic E-state index is 13.5. The van der Waals surface area contributed by atoms with E-state index in [1.807, 2.05) is 0 Å². The summed E-state index contributed by atoms with van der Waals surface area (Å²) in [6.07, 6.45) is -9.95. The number of amides is 1. The predicted molar refractivity (Wildman–Crippen MR) is 75.7 cm³/mol. The molecule has 4 nitrogen and oxygen atoms in total. The second-order valence-electron chi connectivity index (χ2n) is 6.53. The molecule has 0 saturated carbocycles. The van der Waals surface area contributed by atoms with Crippen LogP contribution < -0.4 is 5.32 Å². The van der Waals surface area contributed by atoms with E-state index in [1.165, 1.54) is 0 Å². The molecule has 1 unspecified atom stereocenters. The lowest BCUT2D eigenvalue weighted by molar-refractivity contribution is -0.449. The summed E-state index contributed by atoms with van der Waals surface area (Å²) >= 11 is 0. The molecule has 3 N–H and O–H groups in total. The van der Waals surface area contributed by atoms with Crippen molar-refractivity contribution < 1.29 is 80.9 Å². The summed E-state index contributed by atoms with van der Waals surface area (Å²) in [5, 5.41) is 18.2. The highest BCUT2D eigenvalue weighted by atomic mass is 19.4. The largest absolute Gasteiger partial charge is 0.460 e. The lowest BCUT2D eigenvalue weighted by Crippen LogP contribution is -2.74. The van der Waals surface area contributed by atoms with Gasteiger partial charge in [-0.05, 0) is 19.3 Å². The molecule has 0 heterocycles. The van der Waals surface area contributed by atoms with Crippen molar-refractivity contribution in [1.82, 2.24) is 5.32 Å². The van der Waals surface area contributed by atoms with Crippen LogP contribution in [0.25, 0.3) is 0 Å². The van der Waals surface area contributed by atoms with E-state index < -0.39 is 73.3 Å². The molecule has 33 heavy (non-hydrogen) atoms. The molecule has 198 valence electrons. The van der Waals surface area contributed by atoms with Crippen LogP contribution in [0.5, 0.6) is 0 Å². The van der Waals surface area contributed by atoms with Crippen LogP contribution in [0.4, 0.5) is 65.9 Å². The summed E-state index contributed by atoms with van der Waals surface area (Å²) in [5.74, 6) is -51.6. The first-order valence-electron chi connectivity index (χ1n) is 8.28. The second-order valence-corrected chi connectivity index (χ2v) is 6.53. The first kappa shape index (κ1) is 31.3. The molecule has 19 heteroatoms. The van der Waals surface area contributed by atoms with E-state index in [1.54, 1.807) is 0 Å². The third-order valence-electron chi connectivity index (χ3n) is 4.07. The summed E-state index contributed by atoms with van der Waals surface area (Å²) in [5.41, 5.74) is 0. The van der Waals surface area contributed by atoms with Crippen molar-refractivity contribution in [2.45, 2.75) is 67.1 Å². The van der Waals surface area contributed by atoms with E-state index >= 15 is 0 Å². The highest BCUT2D eigenvalue weighted by molar-refractivity contribution is 5.84. The van der Waals surface area contributed by atoms with Crippen molar-refractivity contribution >= 4 is 5.91 Å². The molecule has 0 saturated heterocycles. The van der Waals surface area contributed by atoms with Gasteiger partial charge in [-0.15, -0.1) is 0 Å². The highest BCUT2D eigenvalue weighted by Crippen LogP contribution is 2.62. The summed E-state index contributed by atoms with van der Waals surface area (Å²) in [7, 11) is 0. The first-order chi connectivity index (χ1) is 14.4. The number of carbonyl (C=O) groups excluding carboxylic acids is 1. The Morgan fingerprint density at radius 2 is 1.06 bits per heavy atom. The molecule has 0 aliphatic heterocycles. The number of carbonyl (C=O) groups is 1. The van der Waals surface area contributed by atoms with Crippen molar-refractivity contribution in [3.63, 3.8) is 0 Å². The van der Waals surface area contributed by atoms with Gasteiger partial charge in [-0.1, -0.05) is 0 Å². The lowest BCUT2D eigenvalue weighted by Gasteiger charge is -2.41. The van der Waals surface area contributed by atoms with Gasteiger partial charge < -0.3 is 15.5 Å². The quantitative estimate of drug-likeness (QED) is 0.265. The van der Waals surface area contributed by atoms with E-state index in [9.17, 15) is 70.7 Å². The third-order valence-corrected chi connectivity index (χ3v) is 4.07. The van der Waals surface area contributed by atoms with Crippen LogP contribution in [0.1, 0.15) is 19.3 Å². The fraction of sp³-hybridized carbons (Fsp3) is 0.929. The number of unbranched alkanes of at least 4 members (excludes halogenated alkanes) is 1. The molecule has 0 spiro atoms. The van der Waals surface area contributed by atoms with Gasteiger partial charge in [-0.25, -0.2) is 0 Å². The fourth-order valence-electron chi connectivity index (χ4n) is 2.02. The Bertz CT molecular complexity index is 677. The van der Waals surface area contributed by atoms with Crippen LogP contribution in [0, 0.1) is 0 Å². The molecule has 0 rings (SSSR count). The maximum absolute atomic E-state index is 13.5. The second kappa shape index (κ2) is 9.53. The van der Waals surface area contributed by atoms with Crippen LogP contribution in [0.3, 0.4) is 0 Å². The molecule has 0 fully saturated rings. The Balaban J connectivity index is 5.87. The normalized spacial score (nSPS) is 16.0. The summed E-state index contributed by atoms with van der Waals surface area (Å²) in [6, 6.07) is 0. The van der Waals surface area contributed by atoms with Crippen LogP contribution in [-0.4, -0.2) is 77.1 Å². The van der Waals surface area contributed by atoms with Gasteiger partial charge in [0.1, 0.15) is 0 Å². The lowest BCUT2D eigenvalue weighted by atomic mass is 9.91. The van der Waals surface area contributed by atoms with Crippen LogP contribution >= 0.6 is 0 Å². The van der Waals surface area contributed by atoms with Gasteiger partial charge in [0.25, 0.3) is 5.91 Å². The van der Waals surface area contributed by atoms with E-state index in [0.29, 0.717) is 0 Å². The zero-order valence-corrected chi connectivity index (χ0v) is 15.6. The molecule has 0 aromatic carbocycles. The van der Waals surface area contributed by atoms with Crippen molar-refractivity contribution in [1.29, 1.82) is 0 Å². The maximum Gasteiger partial charge on any atom is 0.460 e. The molecule has 0 aliphatic rings. The van der Waals surface area contributed by atoms with Crippen molar-refractivity contribution in [2.24, 2.45) is 0 Å². The fourth-order valence-corrected chi connectivity index (χ4v) is 2.02. The van der Waals surface area contributed by atoms with E-state index in [0.717, 1.165) is 5.32 Å². The number of nitrogens with one attached hydrogen (secondary N) is 1. The van der Waals surface area contributed by atoms with Gasteiger partial charge in [-0.2, -0.15) is 65.9 Å². The average Bonchev–Trinajstić information content (AvgIpc) is 2.65. The number of alkyl halides is 15. The summed E-state index contributed by atoms with van der Waals surface area (Å²) in [4.78, 5) is 11.1. The molecule has 0 aliphatic carbocycles. The first-order valence-corrected chi connectivity index (χ1v) is 8.28. The van der Waals surface area contributed by atoms with Gasteiger partial charge in [0.05, 0.1) is 12.7 Å². The molecular weight excluding hydrogens is 515 g/mol. The Hall–Kier alpha value is -1.66. The van der Waals surface area contributed by atoms with Gasteiger partial charge in [0.15, 0.2) is 0 Å². The zero-order chi connectivity index (χ0) is 26.9. The topological polar surface area (TPSA) is 69.6 Å². The Morgan fingerprint density at radius 3 is 1.45 bits per heavy atom. The Morgan fingerprint density at radius 1 is 0.667 bits per heavy atom. The molecular formula is C14H14F15NO3. The zero-order valence-electron chi connectivity index (χ0n) is 15.6. The molecule has 1 atom stereocenters. The minimum absolute atomic E-state index is 0.211. The number of rotatable bonds is 12. The molecule has 0 radical (unpaired) electrons. The van der Waals surface area contributed by atoms with E-state index in [-0.39, 0.29) is 12.8 Å². The number of aliphatic hydroxyl groups is 2. The van der Waals surface area contributed by atoms with Crippen LogP contribution in [0.2, 0.25) is 0 Å². The predicted octanol–water partition coefficient (Wildman–Crippen LogP) is 4.00. The molecule has 0 aromatic heterocycles. The number of halogens is 15. The van der Waals surface area contributed by atoms with Crippen LogP contribution in [-0.2, 0) is 4.79 Å². The smallest absolute Gasteiger partial charge is 0.394 e. The Kier molecular flexibility index (Phi) is 9.05. The van der Waals surface area contributed by atoms with Crippen molar-refractivity contribution in [3.05, 3.63) is 0 Å². The average molecular weight is 529 g/mol. The van der Waals surface area contributed by atoms with Gasteiger partial charge in [0, 0.05) is 6.54 Å². The number of aliphatic hydroxyl groups excluding tert-OH is 2. The van der Waals surface area contributed by atoms with Crippen molar-refractivity contribution in [2.75, 3.05) is 13.2 Å². The summed E-state index contributed by atoms with van der Waals surface area (Å²) < 4.78 is 195. The van der Waals surface area contributed by atoms with Gasteiger partial charge >= 0.3 is 41.7 Å². The van der Waals surface area contributed by atoms with E-state index in [2.05, 4.69) is 0 Å². The van der Waals surface area contributed by atoms with Crippen LogP contribution in [0.15, 0.2) is 0 Å². The Labute approximate surface area is 173 Å². The minimum Gasteiger partial charge on any atom is -0.394 e. The molecule has 0 bridgehead atoms. The van der Waals surface area contributed by atoms with Crippen molar-refractivity contribution in [3.8, 4) is 0 Å². The molecule has 0 aromatic rings. The number of hydrogen-bond donors (Lipinski definition) is 3. The summed E-state index contributed by atoms with van der Waals surface area (Å²) in [6.45, 7) is -1.84.